The van der Waals surface area contributed by atoms with Gasteiger partial charge < -0.3 is 0 Å². The first-order valence-electron chi connectivity index (χ1n) is 3.77. The molecule has 0 aliphatic carbocycles. The molecule has 0 aliphatic heterocycles. The lowest BCUT2D eigenvalue weighted by molar-refractivity contribution is 0.153. The van der Waals surface area contributed by atoms with Crippen LogP contribution in [0.1, 0.15) is 12.0 Å². The molecule has 0 bridgehead atoms. The van der Waals surface area contributed by atoms with Gasteiger partial charge in [-0.05, 0) is 12.1 Å². The first-order chi connectivity index (χ1) is 6.59. The summed E-state index contributed by atoms with van der Waals surface area (Å²) in [6.07, 6.45) is -2.46. The minimum absolute atomic E-state index is 0.0304. The van der Waals surface area contributed by atoms with Crippen LogP contribution in [0.25, 0.3) is 10.1 Å². The fourth-order valence-electron chi connectivity index (χ4n) is 1.27. The Labute approximate surface area is 93.9 Å². The Hall–Kier alpha value is -0.320. The summed E-state index contributed by atoms with van der Waals surface area (Å²) in [5.41, 5.74) is 0.0304. The fraction of sp³-hybridized carbons (Fsp3) is 0.111. The molecule has 2 rings (SSSR count). The zero-order valence-corrected chi connectivity index (χ0v) is 9.27. The van der Waals surface area contributed by atoms with E-state index in [9.17, 15) is 8.78 Å². The lowest BCUT2D eigenvalue weighted by Crippen LogP contribution is -1.80. The smallest absolute Gasteiger partial charge is 0.205 e. The summed E-state index contributed by atoms with van der Waals surface area (Å²) in [5.74, 6) is 0. The number of hydrogen-bond donors (Lipinski definition) is 1. The molecular weight excluding hydrogens is 246 g/mol. The molecule has 2 aromatic rings. The molecule has 0 atom stereocenters. The van der Waals surface area contributed by atoms with E-state index >= 15 is 0 Å². The molecule has 0 fully saturated rings. The molecule has 0 amide bonds. The molecule has 1 heterocycles. The molecule has 0 spiro atoms. The molecule has 1 aromatic heterocycles. The maximum atomic E-state index is 12.5. The van der Waals surface area contributed by atoms with Gasteiger partial charge in [-0.1, -0.05) is 11.6 Å². The Morgan fingerprint density at radius 2 is 2.07 bits per heavy atom. The highest BCUT2D eigenvalue weighted by Crippen LogP contribution is 2.38. The maximum absolute atomic E-state index is 12.5. The summed E-state index contributed by atoms with van der Waals surface area (Å²) in [6, 6.07) is 3.26. The van der Waals surface area contributed by atoms with Gasteiger partial charge in [-0.15, -0.1) is 24.0 Å². The highest BCUT2D eigenvalue weighted by molar-refractivity contribution is 7.80. The Bertz CT molecular complexity index is 479. The van der Waals surface area contributed by atoms with Crippen molar-refractivity contribution in [3.8, 4) is 0 Å². The largest absolute Gasteiger partial charge is 0.265 e. The van der Waals surface area contributed by atoms with Crippen LogP contribution < -0.4 is 0 Å². The molecular formula is C9H5ClF2S2. The Morgan fingerprint density at radius 1 is 1.36 bits per heavy atom. The minimum Gasteiger partial charge on any atom is -0.205 e. The van der Waals surface area contributed by atoms with E-state index in [1.54, 1.807) is 12.1 Å². The van der Waals surface area contributed by atoms with Crippen molar-refractivity contribution >= 4 is 45.7 Å². The van der Waals surface area contributed by atoms with E-state index < -0.39 is 6.43 Å². The van der Waals surface area contributed by atoms with Gasteiger partial charge in [0.05, 0.1) is 9.72 Å². The molecule has 0 saturated heterocycles. The van der Waals surface area contributed by atoms with Crippen LogP contribution in [0.15, 0.2) is 22.4 Å². The average molecular weight is 251 g/mol. The average Bonchev–Trinajstić information content (AvgIpc) is 2.47. The van der Waals surface area contributed by atoms with Crippen molar-refractivity contribution in [3.05, 3.63) is 28.1 Å². The van der Waals surface area contributed by atoms with E-state index in [0.29, 0.717) is 20.0 Å². The number of thiophene rings is 1. The van der Waals surface area contributed by atoms with Gasteiger partial charge in [0, 0.05) is 21.2 Å². The number of thiol groups is 1. The predicted molar refractivity (Wildman–Crippen MR) is 59.0 cm³/mol. The summed E-state index contributed by atoms with van der Waals surface area (Å²) in [7, 11) is 0. The SMILES string of the molecule is FC(F)c1csc2c(Cl)cc(S)cc12. The molecule has 0 N–H and O–H groups in total. The van der Waals surface area contributed by atoms with Crippen molar-refractivity contribution in [2.24, 2.45) is 0 Å². The number of halogens is 3. The zero-order chi connectivity index (χ0) is 10.3. The van der Waals surface area contributed by atoms with Gasteiger partial charge in [0.1, 0.15) is 0 Å². The van der Waals surface area contributed by atoms with Crippen molar-refractivity contribution in [1.82, 2.24) is 0 Å². The summed E-state index contributed by atoms with van der Waals surface area (Å²) in [6.45, 7) is 0. The van der Waals surface area contributed by atoms with Crippen LogP contribution in [0, 0.1) is 0 Å². The minimum atomic E-state index is -2.46. The van der Waals surface area contributed by atoms with Gasteiger partial charge in [-0.2, -0.15) is 0 Å². The fourth-order valence-corrected chi connectivity index (χ4v) is 2.91. The van der Waals surface area contributed by atoms with Crippen molar-refractivity contribution in [2.75, 3.05) is 0 Å². The zero-order valence-electron chi connectivity index (χ0n) is 6.80. The summed E-state index contributed by atoms with van der Waals surface area (Å²) in [5, 5.41) is 2.42. The number of rotatable bonds is 1. The Kier molecular flexibility index (Phi) is 2.68. The topological polar surface area (TPSA) is 0 Å². The lowest BCUT2D eigenvalue weighted by atomic mass is 10.2. The molecule has 0 aliphatic rings. The van der Waals surface area contributed by atoms with E-state index in [1.807, 2.05) is 0 Å². The van der Waals surface area contributed by atoms with Gasteiger partial charge in [0.25, 0.3) is 6.43 Å². The second-order valence-corrected chi connectivity index (χ2v) is 4.60. The van der Waals surface area contributed by atoms with E-state index in [2.05, 4.69) is 12.6 Å². The van der Waals surface area contributed by atoms with Crippen molar-refractivity contribution in [3.63, 3.8) is 0 Å². The van der Waals surface area contributed by atoms with Crippen LogP contribution in [0.2, 0.25) is 5.02 Å². The van der Waals surface area contributed by atoms with Crippen LogP contribution >= 0.6 is 35.6 Å². The standard InChI is InChI=1S/C9H5ClF2S2/c10-7-2-4(13)1-5-6(9(11)12)3-14-8(5)7/h1-3,9,13H. The van der Waals surface area contributed by atoms with Crippen molar-refractivity contribution < 1.29 is 8.78 Å². The van der Waals surface area contributed by atoms with Crippen LogP contribution in [-0.4, -0.2) is 0 Å². The molecule has 0 unspecified atom stereocenters. The van der Waals surface area contributed by atoms with Gasteiger partial charge in [-0.25, -0.2) is 8.78 Å². The quantitative estimate of drug-likeness (QED) is 0.692. The van der Waals surface area contributed by atoms with E-state index in [4.69, 9.17) is 11.6 Å². The van der Waals surface area contributed by atoms with Crippen LogP contribution in [0.5, 0.6) is 0 Å². The van der Waals surface area contributed by atoms with Gasteiger partial charge in [-0.3, -0.25) is 0 Å². The number of benzene rings is 1. The van der Waals surface area contributed by atoms with Crippen LogP contribution in [0.3, 0.4) is 0 Å². The molecule has 0 nitrogen and oxygen atoms in total. The van der Waals surface area contributed by atoms with Gasteiger partial charge in [0.15, 0.2) is 0 Å². The summed E-state index contributed by atoms with van der Waals surface area (Å²) >= 11 is 11.2. The molecule has 5 heteroatoms. The first kappa shape index (κ1) is 10.2. The van der Waals surface area contributed by atoms with Gasteiger partial charge in [0.2, 0.25) is 0 Å². The second-order valence-electron chi connectivity index (χ2n) is 2.80. The number of hydrogen-bond acceptors (Lipinski definition) is 2. The van der Waals surface area contributed by atoms with Crippen molar-refractivity contribution in [1.29, 1.82) is 0 Å². The lowest BCUT2D eigenvalue weighted by Gasteiger charge is -1.99. The summed E-state index contributed by atoms with van der Waals surface area (Å²) in [4.78, 5) is 0.600. The third-order valence-electron chi connectivity index (χ3n) is 1.88. The number of fused-ring (bicyclic) bond motifs is 1. The third-order valence-corrected chi connectivity index (χ3v) is 3.59. The first-order valence-corrected chi connectivity index (χ1v) is 5.48. The number of alkyl halides is 2. The summed E-state index contributed by atoms with van der Waals surface area (Å²) < 4.78 is 25.8. The van der Waals surface area contributed by atoms with Crippen molar-refractivity contribution in [2.45, 2.75) is 11.3 Å². The van der Waals surface area contributed by atoms with E-state index in [0.717, 1.165) is 0 Å². The second kappa shape index (κ2) is 3.68. The highest BCUT2D eigenvalue weighted by Gasteiger charge is 2.15. The Morgan fingerprint density at radius 3 is 2.71 bits per heavy atom. The molecule has 0 radical (unpaired) electrons. The van der Waals surface area contributed by atoms with Gasteiger partial charge >= 0.3 is 0 Å². The highest BCUT2D eigenvalue weighted by atomic mass is 35.5. The van der Waals surface area contributed by atoms with Crippen LogP contribution in [0.4, 0.5) is 8.78 Å². The van der Waals surface area contributed by atoms with Crippen LogP contribution in [-0.2, 0) is 0 Å². The predicted octanol–water partition coefficient (Wildman–Crippen LogP) is 4.78. The molecule has 14 heavy (non-hydrogen) atoms. The normalized spacial score (nSPS) is 11.5. The van der Waals surface area contributed by atoms with E-state index in [1.165, 1.54) is 16.7 Å². The molecule has 0 saturated carbocycles. The van der Waals surface area contributed by atoms with E-state index in [-0.39, 0.29) is 5.56 Å². The third kappa shape index (κ3) is 1.62. The maximum Gasteiger partial charge on any atom is 0.265 e. The Balaban J connectivity index is 2.78. The molecule has 1 aromatic carbocycles. The molecule has 74 valence electrons. The monoisotopic (exact) mass is 250 g/mol.